The third-order valence-corrected chi connectivity index (χ3v) is 4.19. The number of aromatic hydroxyl groups is 1. The Morgan fingerprint density at radius 1 is 1.30 bits per heavy atom. The summed E-state index contributed by atoms with van der Waals surface area (Å²) in [6.45, 7) is 6.87. The molecule has 0 spiro atoms. The number of nitrogens with one attached hydrogen (secondary N) is 1. The van der Waals surface area contributed by atoms with E-state index in [-0.39, 0.29) is 5.75 Å². The molecule has 5 heteroatoms. The molecule has 2 aromatic carbocycles. The summed E-state index contributed by atoms with van der Waals surface area (Å²) in [6.07, 6.45) is 0. The third kappa shape index (κ3) is 3.79. The minimum absolute atomic E-state index is 0.231. The molecule has 0 heterocycles. The molecule has 0 saturated carbocycles. The summed E-state index contributed by atoms with van der Waals surface area (Å²) >= 11 is 0. The Kier molecular flexibility index (Phi) is 5.54. The Balaban J connectivity index is 2.38. The van der Waals surface area contributed by atoms with Crippen molar-refractivity contribution in [2.24, 2.45) is 10.9 Å². The van der Waals surface area contributed by atoms with Gasteiger partial charge in [-0.15, -0.1) is 9.24 Å². The number of phenolic OH excluding ortho intramolecular Hbond substituents is 1. The van der Waals surface area contributed by atoms with E-state index < -0.39 is 0 Å². The number of phenols is 1. The highest BCUT2D eigenvalue weighted by Crippen LogP contribution is 2.24. The van der Waals surface area contributed by atoms with Crippen molar-refractivity contribution >= 4 is 25.8 Å². The standard InChI is InChI=1S/C18H22N3OP/c1-11-8-16(22)17(23)9-15(11)18(21-19)12(2)14-6-4-13(5-7-14)10-20-3/h4-9,20,22H,2,10,19,23H2,1,3H3/b21-18+. The zero-order chi connectivity index (χ0) is 17.0. The minimum atomic E-state index is 0.231. The van der Waals surface area contributed by atoms with Gasteiger partial charge in [0.2, 0.25) is 0 Å². The van der Waals surface area contributed by atoms with Crippen LogP contribution in [0.5, 0.6) is 5.75 Å². The molecule has 0 aliphatic rings. The van der Waals surface area contributed by atoms with Gasteiger partial charge in [0.15, 0.2) is 0 Å². The SMILES string of the molecule is C=C(/C(=N\N)c1cc(P)c(O)cc1C)c1ccc(CNC)cc1. The van der Waals surface area contributed by atoms with Crippen molar-refractivity contribution in [3.63, 3.8) is 0 Å². The first-order valence-corrected chi connectivity index (χ1v) is 7.86. The maximum Gasteiger partial charge on any atom is 0.123 e. The van der Waals surface area contributed by atoms with Crippen LogP contribution >= 0.6 is 9.24 Å². The van der Waals surface area contributed by atoms with Crippen molar-refractivity contribution in [2.45, 2.75) is 13.5 Å². The van der Waals surface area contributed by atoms with Gasteiger partial charge >= 0.3 is 0 Å². The van der Waals surface area contributed by atoms with E-state index in [0.717, 1.165) is 28.8 Å². The molecule has 0 aliphatic heterocycles. The molecular weight excluding hydrogens is 305 g/mol. The van der Waals surface area contributed by atoms with E-state index >= 15 is 0 Å². The van der Waals surface area contributed by atoms with E-state index in [1.807, 2.05) is 32.2 Å². The summed E-state index contributed by atoms with van der Waals surface area (Å²) in [7, 11) is 4.42. The van der Waals surface area contributed by atoms with Crippen molar-refractivity contribution in [3.8, 4) is 5.75 Å². The molecule has 0 saturated heterocycles. The summed E-state index contributed by atoms with van der Waals surface area (Å²) in [5.41, 5.74) is 5.29. The van der Waals surface area contributed by atoms with Crippen LogP contribution in [-0.4, -0.2) is 17.9 Å². The Morgan fingerprint density at radius 3 is 2.52 bits per heavy atom. The molecule has 0 fully saturated rings. The van der Waals surface area contributed by atoms with E-state index in [2.05, 4.69) is 38.4 Å². The minimum Gasteiger partial charge on any atom is -0.507 e. The third-order valence-electron chi connectivity index (χ3n) is 3.73. The number of allylic oxidation sites excluding steroid dienone is 1. The fourth-order valence-corrected chi connectivity index (χ4v) is 2.69. The molecule has 23 heavy (non-hydrogen) atoms. The molecule has 2 rings (SSSR count). The van der Waals surface area contributed by atoms with Gasteiger partial charge in [-0.25, -0.2) is 0 Å². The number of hydrogen-bond acceptors (Lipinski definition) is 4. The van der Waals surface area contributed by atoms with Crippen LogP contribution in [0.15, 0.2) is 48.1 Å². The van der Waals surface area contributed by atoms with Crippen LogP contribution in [0, 0.1) is 6.92 Å². The predicted octanol–water partition coefficient (Wildman–Crippen LogP) is 2.30. The van der Waals surface area contributed by atoms with E-state index in [1.54, 1.807) is 6.07 Å². The largest absolute Gasteiger partial charge is 0.507 e. The van der Waals surface area contributed by atoms with Crippen molar-refractivity contribution in [1.29, 1.82) is 0 Å². The van der Waals surface area contributed by atoms with Crippen LogP contribution in [0.4, 0.5) is 0 Å². The number of benzene rings is 2. The Labute approximate surface area is 139 Å². The lowest BCUT2D eigenvalue weighted by Gasteiger charge is -2.14. The lowest BCUT2D eigenvalue weighted by atomic mass is 9.94. The quantitative estimate of drug-likeness (QED) is 0.341. The summed E-state index contributed by atoms with van der Waals surface area (Å²) in [4.78, 5) is 0. The van der Waals surface area contributed by atoms with Gasteiger partial charge in [-0.2, -0.15) is 5.10 Å². The van der Waals surface area contributed by atoms with E-state index in [9.17, 15) is 5.11 Å². The molecular formula is C18H22N3OP. The highest BCUT2D eigenvalue weighted by Gasteiger charge is 2.14. The second-order valence-corrected chi connectivity index (χ2v) is 6.03. The molecule has 4 nitrogen and oxygen atoms in total. The molecule has 2 aromatic rings. The number of aryl methyl sites for hydroxylation is 1. The summed E-state index contributed by atoms with van der Waals surface area (Å²) in [5, 5.41) is 17.6. The highest BCUT2D eigenvalue weighted by molar-refractivity contribution is 7.27. The van der Waals surface area contributed by atoms with Crippen LogP contribution in [0.3, 0.4) is 0 Å². The molecule has 4 N–H and O–H groups in total. The van der Waals surface area contributed by atoms with Crippen LogP contribution in [-0.2, 0) is 6.54 Å². The summed E-state index contributed by atoms with van der Waals surface area (Å²) in [5.74, 6) is 5.86. The second-order valence-electron chi connectivity index (χ2n) is 5.41. The molecule has 0 aliphatic carbocycles. The second kappa shape index (κ2) is 7.40. The molecule has 0 aromatic heterocycles. The first-order chi connectivity index (χ1) is 11.0. The van der Waals surface area contributed by atoms with Crippen LogP contribution < -0.4 is 16.5 Å². The lowest BCUT2D eigenvalue weighted by molar-refractivity contribution is 0.479. The maximum absolute atomic E-state index is 9.80. The van der Waals surface area contributed by atoms with E-state index in [1.165, 1.54) is 5.56 Å². The number of rotatable bonds is 5. The Morgan fingerprint density at radius 2 is 1.96 bits per heavy atom. The average molecular weight is 327 g/mol. The van der Waals surface area contributed by atoms with Gasteiger partial charge in [0.1, 0.15) is 5.75 Å². The Hall–Kier alpha value is -2.16. The van der Waals surface area contributed by atoms with Gasteiger partial charge in [-0.3, -0.25) is 0 Å². The number of nitrogens with two attached hydrogens (primary N) is 1. The Bertz CT molecular complexity index is 752. The van der Waals surface area contributed by atoms with Gasteiger partial charge in [-0.1, -0.05) is 30.8 Å². The van der Waals surface area contributed by atoms with Gasteiger partial charge in [0.05, 0.1) is 5.71 Å². The monoisotopic (exact) mass is 327 g/mol. The summed E-state index contributed by atoms with van der Waals surface area (Å²) in [6, 6.07) is 11.7. The number of nitrogens with zero attached hydrogens (tertiary/aromatic N) is 1. The predicted molar refractivity (Wildman–Crippen MR) is 101 cm³/mol. The van der Waals surface area contributed by atoms with Gasteiger partial charge in [-0.05, 0) is 42.8 Å². The summed E-state index contributed by atoms with van der Waals surface area (Å²) < 4.78 is 0. The fourth-order valence-electron chi connectivity index (χ4n) is 2.44. The van der Waals surface area contributed by atoms with E-state index in [4.69, 9.17) is 5.84 Å². The molecule has 0 radical (unpaired) electrons. The molecule has 120 valence electrons. The van der Waals surface area contributed by atoms with Crippen molar-refractivity contribution in [2.75, 3.05) is 7.05 Å². The lowest BCUT2D eigenvalue weighted by Crippen LogP contribution is -2.11. The molecule has 0 bridgehead atoms. The van der Waals surface area contributed by atoms with Crippen molar-refractivity contribution in [1.82, 2.24) is 5.32 Å². The van der Waals surface area contributed by atoms with Gasteiger partial charge < -0.3 is 16.3 Å². The van der Waals surface area contributed by atoms with E-state index in [0.29, 0.717) is 11.0 Å². The fraction of sp³-hybridized carbons (Fsp3) is 0.167. The first-order valence-electron chi connectivity index (χ1n) is 7.28. The average Bonchev–Trinajstić information content (AvgIpc) is 2.54. The first kappa shape index (κ1) is 17.2. The van der Waals surface area contributed by atoms with Gasteiger partial charge in [0.25, 0.3) is 0 Å². The van der Waals surface area contributed by atoms with Gasteiger partial charge in [0, 0.05) is 23.0 Å². The molecule has 1 unspecified atom stereocenters. The van der Waals surface area contributed by atoms with Crippen molar-refractivity contribution < 1.29 is 5.11 Å². The topological polar surface area (TPSA) is 70.6 Å². The zero-order valence-corrected chi connectivity index (χ0v) is 14.6. The molecule has 0 amide bonds. The van der Waals surface area contributed by atoms with Crippen LogP contribution in [0.1, 0.15) is 22.3 Å². The molecule has 1 atom stereocenters. The number of hydrazone groups is 1. The smallest absolute Gasteiger partial charge is 0.123 e. The number of hydrogen-bond donors (Lipinski definition) is 3. The van der Waals surface area contributed by atoms with Crippen molar-refractivity contribution in [3.05, 3.63) is 65.2 Å². The van der Waals surface area contributed by atoms with Crippen LogP contribution in [0.25, 0.3) is 5.57 Å². The normalized spacial score (nSPS) is 11.5. The highest BCUT2D eigenvalue weighted by atomic mass is 31.0. The van der Waals surface area contributed by atoms with Crippen LogP contribution in [0.2, 0.25) is 0 Å². The zero-order valence-electron chi connectivity index (χ0n) is 13.4. The maximum atomic E-state index is 9.80.